The number of nitrogens with one attached hydrogen (secondary N) is 1. The summed E-state index contributed by atoms with van der Waals surface area (Å²) in [6.45, 7) is 11.2. The van der Waals surface area contributed by atoms with Gasteiger partial charge in [-0.3, -0.25) is 0 Å². The van der Waals surface area contributed by atoms with Crippen LogP contribution in [0.3, 0.4) is 0 Å². The monoisotopic (exact) mass is 401 g/mol. The quantitative estimate of drug-likeness (QED) is 0.680. The number of aryl methyl sites for hydroxylation is 2. The van der Waals surface area contributed by atoms with Gasteiger partial charge in [-0.25, -0.2) is 4.68 Å². The molecule has 0 saturated heterocycles. The number of aromatic nitrogens is 4. The molecule has 0 fully saturated rings. The van der Waals surface area contributed by atoms with E-state index in [0.717, 1.165) is 33.8 Å². The lowest BCUT2D eigenvalue weighted by atomic mass is 9.94. The summed E-state index contributed by atoms with van der Waals surface area (Å²) in [5, 5.41) is 19.0. The zero-order valence-corrected chi connectivity index (χ0v) is 17.9. The van der Waals surface area contributed by atoms with Gasteiger partial charge >= 0.3 is 0 Å². The van der Waals surface area contributed by atoms with E-state index >= 15 is 0 Å². The van der Waals surface area contributed by atoms with Crippen LogP contribution in [0.15, 0.2) is 6.07 Å². The first-order valence-corrected chi connectivity index (χ1v) is 10.5. The largest absolute Gasteiger partial charge is 0.391 e. The second-order valence-corrected chi connectivity index (χ2v) is 9.15. The van der Waals surface area contributed by atoms with Crippen LogP contribution in [0.25, 0.3) is 16.2 Å². The number of rotatable bonds is 5. The molecule has 0 aromatic carbocycles. The van der Waals surface area contributed by atoms with Crippen LogP contribution in [0.2, 0.25) is 0 Å². The maximum Gasteiger partial charge on any atom is 0.254 e. The third kappa shape index (κ3) is 3.52. The summed E-state index contributed by atoms with van der Waals surface area (Å²) < 4.78 is 7.77. The Hall–Kier alpha value is -2.03. The predicted octanol–water partition coefficient (Wildman–Crippen LogP) is 3.53. The molecule has 0 aliphatic carbocycles. The van der Waals surface area contributed by atoms with E-state index in [0.29, 0.717) is 25.5 Å². The molecule has 4 rings (SSSR count). The third-order valence-corrected chi connectivity index (χ3v) is 6.19. The van der Waals surface area contributed by atoms with Crippen molar-refractivity contribution < 1.29 is 9.84 Å². The van der Waals surface area contributed by atoms with Crippen molar-refractivity contribution in [3.8, 4) is 5.95 Å². The Morgan fingerprint density at radius 2 is 2.14 bits per heavy atom. The zero-order valence-electron chi connectivity index (χ0n) is 17.0. The van der Waals surface area contributed by atoms with Crippen LogP contribution in [0, 0.1) is 13.8 Å². The fourth-order valence-corrected chi connectivity index (χ4v) is 4.64. The van der Waals surface area contributed by atoms with E-state index in [-0.39, 0.29) is 5.60 Å². The average Bonchev–Trinajstić information content (AvgIpc) is 3.17. The van der Waals surface area contributed by atoms with Crippen molar-refractivity contribution in [3.63, 3.8) is 0 Å². The van der Waals surface area contributed by atoms with Crippen molar-refractivity contribution in [2.75, 3.05) is 11.9 Å². The summed E-state index contributed by atoms with van der Waals surface area (Å²) >= 11 is 1.66. The molecule has 150 valence electrons. The SMILES string of the molecule is CC[C@@H](O)CNc1nc(-n2nc(C)cc2C)nc2sc3c(c12)CC(C)(C)OC3. The normalized spacial score (nSPS) is 16.9. The van der Waals surface area contributed by atoms with Crippen LogP contribution in [-0.2, 0) is 17.8 Å². The third-order valence-electron chi connectivity index (χ3n) is 5.09. The Balaban J connectivity index is 1.87. The highest BCUT2D eigenvalue weighted by atomic mass is 32.1. The first-order valence-electron chi connectivity index (χ1n) is 9.69. The molecular formula is C20H27N5O2S. The Morgan fingerprint density at radius 3 is 2.82 bits per heavy atom. The lowest BCUT2D eigenvalue weighted by Crippen LogP contribution is -2.31. The second-order valence-electron chi connectivity index (χ2n) is 8.06. The van der Waals surface area contributed by atoms with Crippen molar-refractivity contribution >= 4 is 27.4 Å². The number of thiophene rings is 1. The molecule has 0 unspecified atom stereocenters. The summed E-state index contributed by atoms with van der Waals surface area (Å²) in [6.07, 6.45) is 1.08. The van der Waals surface area contributed by atoms with Gasteiger partial charge in [0.2, 0.25) is 0 Å². The van der Waals surface area contributed by atoms with Crippen LogP contribution in [0.1, 0.15) is 49.0 Å². The van der Waals surface area contributed by atoms with Gasteiger partial charge < -0.3 is 15.2 Å². The molecule has 1 aliphatic rings. The molecule has 3 aromatic rings. The van der Waals surface area contributed by atoms with Crippen molar-refractivity contribution in [3.05, 3.63) is 27.9 Å². The van der Waals surface area contributed by atoms with Crippen LogP contribution in [0.4, 0.5) is 5.82 Å². The van der Waals surface area contributed by atoms with Gasteiger partial charge in [0.05, 0.1) is 29.4 Å². The van der Waals surface area contributed by atoms with Gasteiger partial charge in [0, 0.05) is 23.5 Å². The highest BCUT2D eigenvalue weighted by Crippen LogP contribution is 2.41. The van der Waals surface area contributed by atoms with E-state index in [1.807, 2.05) is 26.8 Å². The summed E-state index contributed by atoms with van der Waals surface area (Å²) in [5.41, 5.74) is 2.96. The van der Waals surface area contributed by atoms with Crippen molar-refractivity contribution in [1.29, 1.82) is 0 Å². The van der Waals surface area contributed by atoms with E-state index in [1.54, 1.807) is 16.0 Å². The van der Waals surface area contributed by atoms with Gasteiger partial charge in [-0.05, 0) is 45.7 Å². The molecule has 1 atom stereocenters. The zero-order chi connectivity index (χ0) is 20.1. The Labute approximate surface area is 168 Å². The van der Waals surface area contributed by atoms with E-state index in [9.17, 15) is 5.11 Å². The summed E-state index contributed by atoms with van der Waals surface area (Å²) in [4.78, 5) is 11.8. The lowest BCUT2D eigenvalue weighted by Gasteiger charge is -2.30. The molecule has 8 heteroatoms. The molecule has 7 nitrogen and oxygen atoms in total. The van der Waals surface area contributed by atoms with Crippen molar-refractivity contribution in [2.45, 2.75) is 65.8 Å². The number of nitrogens with zero attached hydrogens (tertiary/aromatic N) is 4. The number of hydrogen-bond acceptors (Lipinski definition) is 7. The summed E-state index contributed by atoms with van der Waals surface area (Å²) in [7, 11) is 0. The number of anilines is 1. The van der Waals surface area contributed by atoms with Crippen LogP contribution >= 0.6 is 11.3 Å². The molecule has 0 radical (unpaired) electrons. The molecule has 1 aliphatic heterocycles. The molecular weight excluding hydrogens is 374 g/mol. The Bertz CT molecular complexity index is 1020. The highest BCUT2D eigenvalue weighted by molar-refractivity contribution is 7.19. The summed E-state index contributed by atoms with van der Waals surface area (Å²) in [5.74, 6) is 1.31. The molecule has 0 amide bonds. The molecule has 2 N–H and O–H groups in total. The maximum atomic E-state index is 10.1. The number of hydrogen-bond donors (Lipinski definition) is 2. The standard InChI is InChI=1S/C20H27N5O2S/c1-6-13(26)9-21-17-16-14-8-20(4,5)27-10-15(14)28-18(16)23-19(22-17)25-12(3)7-11(2)24-25/h7,13,26H,6,8-10H2,1-5H3,(H,21,22,23)/t13-/m1/s1. The minimum Gasteiger partial charge on any atom is -0.391 e. The van der Waals surface area contributed by atoms with Crippen LogP contribution in [-0.4, -0.2) is 43.1 Å². The van der Waals surface area contributed by atoms with Gasteiger partial charge in [0.1, 0.15) is 10.6 Å². The van der Waals surface area contributed by atoms with E-state index in [4.69, 9.17) is 14.7 Å². The highest BCUT2D eigenvalue weighted by Gasteiger charge is 2.31. The summed E-state index contributed by atoms with van der Waals surface area (Å²) in [6, 6.07) is 2.01. The topological polar surface area (TPSA) is 85.1 Å². The van der Waals surface area contributed by atoms with Crippen LogP contribution in [0.5, 0.6) is 0 Å². The van der Waals surface area contributed by atoms with Gasteiger partial charge in [0.25, 0.3) is 5.95 Å². The minimum absolute atomic E-state index is 0.213. The Kier molecular flexibility index (Phi) is 4.89. The molecule has 0 bridgehead atoms. The lowest BCUT2D eigenvalue weighted by molar-refractivity contribution is -0.0379. The average molecular weight is 402 g/mol. The second kappa shape index (κ2) is 7.09. The van der Waals surface area contributed by atoms with E-state index in [1.165, 1.54) is 10.4 Å². The Morgan fingerprint density at radius 1 is 1.36 bits per heavy atom. The van der Waals surface area contributed by atoms with Crippen LogP contribution < -0.4 is 5.32 Å². The van der Waals surface area contributed by atoms with Gasteiger partial charge in [0.15, 0.2) is 0 Å². The first kappa shape index (κ1) is 19.3. The number of aliphatic hydroxyl groups excluding tert-OH is 1. The smallest absolute Gasteiger partial charge is 0.254 e. The molecule has 4 heterocycles. The molecule has 0 spiro atoms. The maximum absolute atomic E-state index is 10.1. The van der Waals surface area contributed by atoms with Gasteiger partial charge in [-0.1, -0.05) is 6.92 Å². The number of fused-ring (bicyclic) bond motifs is 3. The van der Waals surface area contributed by atoms with Crippen molar-refractivity contribution in [2.24, 2.45) is 0 Å². The first-order chi connectivity index (χ1) is 13.3. The fraction of sp³-hybridized carbons (Fsp3) is 0.550. The number of ether oxygens (including phenoxy) is 1. The van der Waals surface area contributed by atoms with Crippen molar-refractivity contribution in [1.82, 2.24) is 19.7 Å². The number of aliphatic hydroxyl groups is 1. The van der Waals surface area contributed by atoms with Gasteiger partial charge in [-0.15, -0.1) is 11.3 Å². The van der Waals surface area contributed by atoms with Gasteiger partial charge in [-0.2, -0.15) is 15.1 Å². The fourth-order valence-electron chi connectivity index (χ4n) is 3.55. The molecule has 28 heavy (non-hydrogen) atoms. The van der Waals surface area contributed by atoms with E-state index in [2.05, 4.69) is 24.3 Å². The molecule has 0 saturated carbocycles. The predicted molar refractivity (Wildman–Crippen MR) is 111 cm³/mol. The minimum atomic E-state index is -0.420. The molecule has 3 aromatic heterocycles. The van der Waals surface area contributed by atoms with E-state index < -0.39 is 6.10 Å².